The monoisotopic (exact) mass is 329 g/mol. The summed E-state index contributed by atoms with van der Waals surface area (Å²) in [7, 11) is 0. The van der Waals surface area contributed by atoms with Gasteiger partial charge in [-0.15, -0.1) is 0 Å². The molecule has 0 aliphatic carbocycles. The van der Waals surface area contributed by atoms with Gasteiger partial charge in [-0.1, -0.05) is 92.6 Å². The third-order valence-corrected chi connectivity index (χ3v) is 4.92. The molecule has 1 saturated heterocycles. The van der Waals surface area contributed by atoms with Crippen molar-refractivity contribution >= 4 is 0 Å². The van der Waals surface area contributed by atoms with Crippen molar-refractivity contribution in [1.29, 1.82) is 0 Å². The molecule has 0 saturated carbocycles. The Kier molecular flexibility index (Phi) is 6.57. The molecule has 25 heavy (non-hydrogen) atoms. The molecule has 128 valence electrons. The largest absolute Gasteiger partial charge is 1.00 e. The summed E-state index contributed by atoms with van der Waals surface area (Å²) in [4.78, 5) is 2.42. The van der Waals surface area contributed by atoms with E-state index in [0.717, 1.165) is 37.1 Å². The molecule has 1 heterocycles. The van der Waals surface area contributed by atoms with Crippen molar-refractivity contribution in [3.63, 3.8) is 0 Å². The molecule has 0 amide bonds. The maximum Gasteiger partial charge on any atom is 1.00 e. The summed E-state index contributed by atoms with van der Waals surface area (Å²) < 4.78 is 0. The fourth-order valence-electron chi connectivity index (χ4n) is 4.01. The van der Waals surface area contributed by atoms with Crippen molar-refractivity contribution in [2.24, 2.45) is 5.41 Å². The van der Waals surface area contributed by atoms with Crippen LogP contribution in [0, 0.1) is 5.41 Å². The topological polar surface area (TPSA) is 26.3 Å². The molecule has 2 aromatic carbocycles. The first kappa shape index (κ1) is 20.3. The summed E-state index contributed by atoms with van der Waals surface area (Å²) in [5, 5.41) is 14.4. The average Bonchev–Trinajstić information content (AvgIpc) is 3.02. The summed E-state index contributed by atoms with van der Waals surface area (Å²) >= 11 is 0. The zero-order valence-electron chi connectivity index (χ0n) is 16.0. The van der Waals surface area contributed by atoms with Crippen LogP contribution in [-0.2, 0) is 5.60 Å². The summed E-state index contributed by atoms with van der Waals surface area (Å²) in [5.41, 5.74) is 0.727. The van der Waals surface area contributed by atoms with Crippen LogP contribution in [0.1, 0.15) is 44.7 Å². The second-order valence-corrected chi connectivity index (χ2v) is 8.16. The zero-order valence-corrected chi connectivity index (χ0v) is 16.0. The smallest absolute Gasteiger partial charge is 0.841 e. The standard InChI is InChI=1S/C22H28NO.Li/c1-21(2,3)17-23-16-10-15-20(23)22(24,18-11-6-4-7-12-18)19-13-8-5-9-14-19;/h4-9,11-14,20H,10,15-17H2,1-3H3;/q-1;+1/t20-;/m0./s1. The number of hydrogen-bond acceptors (Lipinski definition) is 2. The van der Waals surface area contributed by atoms with Gasteiger partial charge in [-0.2, -0.15) is 0 Å². The first-order valence-corrected chi connectivity index (χ1v) is 8.97. The maximum absolute atomic E-state index is 14.4. The van der Waals surface area contributed by atoms with Gasteiger partial charge in [0.1, 0.15) is 0 Å². The molecule has 2 aromatic rings. The van der Waals surface area contributed by atoms with Gasteiger partial charge in [-0.25, -0.2) is 0 Å². The van der Waals surface area contributed by atoms with E-state index in [2.05, 4.69) is 25.7 Å². The van der Waals surface area contributed by atoms with Crippen molar-refractivity contribution < 1.29 is 24.0 Å². The van der Waals surface area contributed by atoms with Crippen molar-refractivity contribution in [1.82, 2.24) is 4.90 Å². The molecule has 1 aliphatic rings. The van der Waals surface area contributed by atoms with Gasteiger partial charge < -0.3 is 10.0 Å². The molecule has 3 heteroatoms. The molecular formula is C22H28LiNO. The fourth-order valence-corrected chi connectivity index (χ4v) is 4.01. The predicted octanol–water partition coefficient (Wildman–Crippen LogP) is 0.805. The van der Waals surface area contributed by atoms with Crippen LogP contribution in [0.2, 0.25) is 0 Å². The van der Waals surface area contributed by atoms with Crippen molar-refractivity contribution in [3.05, 3.63) is 71.8 Å². The summed E-state index contributed by atoms with van der Waals surface area (Å²) in [6, 6.07) is 19.9. The third-order valence-electron chi connectivity index (χ3n) is 4.92. The predicted molar refractivity (Wildman–Crippen MR) is 97.7 cm³/mol. The minimum Gasteiger partial charge on any atom is -0.841 e. The second-order valence-electron chi connectivity index (χ2n) is 8.16. The Balaban J connectivity index is 0.00000225. The van der Waals surface area contributed by atoms with Crippen molar-refractivity contribution in [2.75, 3.05) is 13.1 Å². The number of benzene rings is 2. The van der Waals surface area contributed by atoms with Gasteiger partial charge in [0.25, 0.3) is 0 Å². The van der Waals surface area contributed by atoms with E-state index < -0.39 is 5.60 Å². The molecule has 0 bridgehead atoms. The molecular weight excluding hydrogens is 301 g/mol. The molecule has 3 rings (SSSR count). The number of rotatable bonds is 4. The second kappa shape index (κ2) is 8.10. The molecule has 0 spiro atoms. The van der Waals surface area contributed by atoms with Crippen LogP contribution in [-0.4, -0.2) is 24.0 Å². The molecule has 0 unspecified atom stereocenters. The van der Waals surface area contributed by atoms with E-state index in [0.29, 0.717) is 0 Å². The molecule has 0 aromatic heterocycles. The third kappa shape index (κ3) is 4.38. The van der Waals surface area contributed by atoms with E-state index in [4.69, 9.17) is 0 Å². The molecule has 1 atom stereocenters. The quantitative estimate of drug-likeness (QED) is 0.776. The van der Waals surface area contributed by atoms with Crippen LogP contribution in [0.15, 0.2) is 60.7 Å². The SMILES string of the molecule is CC(C)(C)CN1CCC[C@H]1C([O-])(c1ccccc1)c1ccccc1.[Li+]. The van der Waals surface area contributed by atoms with Crippen LogP contribution in [0.4, 0.5) is 0 Å². The zero-order chi connectivity index (χ0) is 17.2. The fraction of sp³-hybridized carbons (Fsp3) is 0.455. The summed E-state index contributed by atoms with van der Waals surface area (Å²) in [5.74, 6) is 0. The summed E-state index contributed by atoms with van der Waals surface area (Å²) in [6.45, 7) is 8.73. The minimum absolute atomic E-state index is 0. The van der Waals surface area contributed by atoms with Gasteiger partial charge in [-0.05, 0) is 30.4 Å². The number of hydrogen-bond donors (Lipinski definition) is 0. The van der Waals surface area contributed by atoms with Crippen LogP contribution >= 0.6 is 0 Å². The van der Waals surface area contributed by atoms with Gasteiger partial charge in [0.15, 0.2) is 0 Å². The van der Waals surface area contributed by atoms with Gasteiger partial charge in [0.05, 0.1) is 0 Å². The van der Waals surface area contributed by atoms with E-state index in [1.165, 1.54) is 0 Å². The molecule has 2 nitrogen and oxygen atoms in total. The Morgan fingerprint density at radius 2 is 1.40 bits per heavy atom. The van der Waals surface area contributed by atoms with E-state index in [-0.39, 0.29) is 30.3 Å². The van der Waals surface area contributed by atoms with Gasteiger partial charge in [-0.3, -0.25) is 0 Å². The van der Waals surface area contributed by atoms with Gasteiger partial charge >= 0.3 is 18.9 Å². The summed E-state index contributed by atoms with van der Waals surface area (Å²) in [6.07, 6.45) is 2.06. The Morgan fingerprint density at radius 3 is 1.84 bits per heavy atom. The Labute approximate surface area is 164 Å². The Bertz CT molecular complexity index is 611. The first-order valence-electron chi connectivity index (χ1n) is 8.97. The van der Waals surface area contributed by atoms with Crippen LogP contribution in [0.3, 0.4) is 0 Å². The molecule has 1 aliphatic heterocycles. The maximum atomic E-state index is 14.4. The van der Waals surface area contributed by atoms with Crippen LogP contribution in [0.25, 0.3) is 0 Å². The minimum atomic E-state index is -1.22. The van der Waals surface area contributed by atoms with Gasteiger partial charge in [0.2, 0.25) is 0 Å². The van der Waals surface area contributed by atoms with Crippen molar-refractivity contribution in [3.8, 4) is 0 Å². The Hall–Kier alpha value is -1.04. The van der Waals surface area contributed by atoms with E-state index in [9.17, 15) is 5.11 Å². The van der Waals surface area contributed by atoms with Crippen molar-refractivity contribution in [2.45, 2.75) is 45.3 Å². The van der Waals surface area contributed by atoms with Gasteiger partial charge in [0, 0.05) is 12.6 Å². The van der Waals surface area contributed by atoms with E-state index >= 15 is 0 Å². The van der Waals surface area contributed by atoms with Crippen LogP contribution in [0.5, 0.6) is 0 Å². The Morgan fingerprint density at radius 1 is 0.920 bits per heavy atom. The molecule has 0 radical (unpaired) electrons. The van der Waals surface area contributed by atoms with Crippen LogP contribution < -0.4 is 24.0 Å². The first-order chi connectivity index (χ1) is 11.4. The number of likely N-dealkylation sites (tertiary alicyclic amines) is 1. The normalized spacial score (nSPS) is 18.8. The van der Waals surface area contributed by atoms with E-state index in [1.54, 1.807) is 0 Å². The number of nitrogens with zero attached hydrogens (tertiary/aromatic N) is 1. The average molecular weight is 329 g/mol. The molecule has 0 N–H and O–H groups in total. The molecule has 1 fully saturated rings. The van der Waals surface area contributed by atoms with E-state index in [1.807, 2.05) is 60.7 Å².